The van der Waals surface area contributed by atoms with Crippen molar-refractivity contribution in [3.05, 3.63) is 0 Å². The van der Waals surface area contributed by atoms with Crippen LogP contribution in [0.4, 0.5) is 0 Å². The van der Waals surface area contributed by atoms with E-state index in [0.717, 1.165) is 24.4 Å². The van der Waals surface area contributed by atoms with Gasteiger partial charge in [0.15, 0.2) is 0 Å². The minimum atomic E-state index is 0.938. The Morgan fingerprint density at radius 2 is 1.58 bits per heavy atom. The van der Waals surface area contributed by atoms with Gasteiger partial charge in [0.05, 0.1) is 0 Å². The summed E-state index contributed by atoms with van der Waals surface area (Å²) in [4.78, 5) is 0. The topological polar surface area (TPSA) is 9.23 Å². The second-order valence-electron chi connectivity index (χ2n) is 4.44. The molecule has 0 heterocycles. The van der Waals surface area contributed by atoms with E-state index in [4.69, 9.17) is 4.74 Å². The molecule has 0 spiro atoms. The van der Waals surface area contributed by atoms with Crippen LogP contribution < -0.4 is 0 Å². The number of rotatable bonds is 2. The smallest absolute Gasteiger partial charge is 0.0496 e. The Balaban J connectivity index is 1.81. The largest absolute Gasteiger partial charge is 0.384 e. The molecular weight excluding hydrogens is 148 g/mol. The van der Waals surface area contributed by atoms with E-state index in [0.29, 0.717) is 0 Å². The van der Waals surface area contributed by atoms with E-state index < -0.39 is 0 Å². The SMILES string of the molecule is COCC1C2CCCCCCC21. The van der Waals surface area contributed by atoms with E-state index >= 15 is 0 Å². The standard InChI is InChI=1S/C11H20O/c1-12-8-11-9-6-4-2-3-5-7-10(9)11/h9-11H,2-8H2,1H3. The molecule has 0 saturated heterocycles. The molecular formula is C11H20O. The lowest BCUT2D eigenvalue weighted by molar-refractivity contribution is 0.176. The Kier molecular flexibility index (Phi) is 2.69. The van der Waals surface area contributed by atoms with Crippen LogP contribution in [0.2, 0.25) is 0 Å². The molecule has 0 N–H and O–H groups in total. The summed E-state index contributed by atoms with van der Waals surface area (Å²) in [5, 5.41) is 0. The molecule has 2 rings (SSSR count). The van der Waals surface area contributed by atoms with Gasteiger partial charge in [-0.3, -0.25) is 0 Å². The van der Waals surface area contributed by atoms with E-state index in [1.165, 1.54) is 38.5 Å². The molecule has 0 aromatic carbocycles. The number of fused-ring (bicyclic) bond motifs is 1. The third-order valence-electron chi connectivity index (χ3n) is 3.69. The number of hydrogen-bond acceptors (Lipinski definition) is 1. The minimum absolute atomic E-state index is 0.938. The summed E-state index contributed by atoms with van der Waals surface area (Å²) in [6, 6.07) is 0. The van der Waals surface area contributed by atoms with Gasteiger partial charge in [-0.2, -0.15) is 0 Å². The van der Waals surface area contributed by atoms with Crippen LogP contribution in [0.25, 0.3) is 0 Å². The van der Waals surface area contributed by atoms with Crippen LogP contribution in [0.1, 0.15) is 38.5 Å². The van der Waals surface area contributed by atoms with Crippen molar-refractivity contribution in [2.24, 2.45) is 17.8 Å². The van der Waals surface area contributed by atoms with E-state index in [2.05, 4.69) is 0 Å². The molecule has 2 unspecified atom stereocenters. The highest BCUT2D eigenvalue weighted by molar-refractivity contribution is 4.96. The minimum Gasteiger partial charge on any atom is -0.384 e. The summed E-state index contributed by atoms with van der Waals surface area (Å²) in [5.74, 6) is 3.03. The number of hydrogen-bond donors (Lipinski definition) is 0. The summed E-state index contributed by atoms with van der Waals surface area (Å²) >= 11 is 0. The van der Waals surface area contributed by atoms with Crippen molar-refractivity contribution in [2.45, 2.75) is 38.5 Å². The van der Waals surface area contributed by atoms with Gasteiger partial charge in [-0.25, -0.2) is 0 Å². The maximum atomic E-state index is 5.24. The van der Waals surface area contributed by atoms with Gasteiger partial charge in [0.2, 0.25) is 0 Å². The summed E-state index contributed by atoms with van der Waals surface area (Å²) in [6.45, 7) is 1.02. The molecule has 2 fully saturated rings. The van der Waals surface area contributed by atoms with Crippen LogP contribution in [-0.2, 0) is 4.74 Å². The first-order valence-corrected chi connectivity index (χ1v) is 5.42. The highest BCUT2D eigenvalue weighted by atomic mass is 16.5. The zero-order valence-corrected chi connectivity index (χ0v) is 8.09. The Bertz CT molecular complexity index is 123. The van der Waals surface area contributed by atoms with E-state index in [1.54, 1.807) is 0 Å². The summed E-state index contributed by atoms with van der Waals surface area (Å²) < 4.78 is 5.24. The highest BCUT2D eigenvalue weighted by Crippen LogP contribution is 2.53. The molecule has 0 aromatic rings. The van der Waals surface area contributed by atoms with Crippen molar-refractivity contribution in [2.75, 3.05) is 13.7 Å². The van der Waals surface area contributed by atoms with Gasteiger partial charge in [-0.1, -0.05) is 25.7 Å². The van der Waals surface area contributed by atoms with Gasteiger partial charge in [0.25, 0.3) is 0 Å². The van der Waals surface area contributed by atoms with Gasteiger partial charge in [-0.05, 0) is 30.6 Å². The number of methoxy groups -OCH3 is 1. The first kappa shape index (κ1) is 8.55. The lowest BCUT2D eigenvalue weighted by atomic mass is 10.0. The first-order valence-electron chi connectivity index (χ1n) is 5.42. The fraction of sp³-hybridized carbons (Fsp3) is 1.00. The first-order chi connectivity index (χ1) is 5.93. The van der Waals surface area contributed by atoms with Crippen LogP contribution in [0.15, 0.2) is 0 Å². The van der Waals surface area contributed by atoms with Crippen molar-refractivity contribution < 1.29 is 4.74 Å². The second kappa shape index (κ2) is 3.78. The van der Waals surface area contributed by atoms with Crippen molar-refractivity contribution in [3.8, 4) is 0 Å². The van der Waals surface area contributed by atoms with Crippen LogP contribution >= 0.6 is 0 Å². The Morgan fingerprint density at radius 1 is 1.00 bits per heavy atom. The van der Waals surface area contributed by atoms with Crippen molar-refractivity contribution in [1.29, 1.82) is 0 Å². The van der Waals surface area contributed by atoms with Gasteiger partial charge in [0.1, 0.15) is 0 Å². The Hall–Kier alpha value is -0.0400. The predicted octanol–water partition coefficient (Wildman–Crippen LogP) is 2.85. The fourth-order valence-electron chi connectivity index (χ4n) is 2.93. The predicted molar refractivity (Wildman–Crippen MR) is 50.0 cm³/mol. The van der Waals surface area contributed by atoms with E-state index in [9.17, 15) is 0 Å². The number of ether oxygens (including phenoxy) is 1. The Labute approximate surface area is 75.5 Å². The molecule has 0 aliphatic heterocycles. The monoisotopic (exact) mass is 168 g/mol. The molecule has 1 heteroatoms. The molecule has 0 amide bonds. The second-order valence-corrected chi connectivity index (χ2v) is 4.44. The lowest BCUT2D eigenvalue weighted by Gasteiger charge is -2.05. The maximum absolute atomic E-state index is 5.24. The third kappa shape index (κ3) is 1.66. The van der Waals surface area contributed by atoms with E-state index in [1.807, 2.05) is 7.11 Å². The summed E-state index contributed by atoms with van der Waals surface area (Å²) in [7, 11) is 1.84. The van der Waals surface area contributed by atoms with Crippen LogP contribution in [0.3, 0.4) is 0 Å². The molecule has 12 heavy (non-hydrogen) atoms. The molecule has 2 atom stereocenters. The molecule has 70 valence electrons. The molecule has 2 aliphatic rings. The van der Waals surface area contributed by atoms with Crippen molar-refractivity contribution >= 4 is 0 Å². The molecule has 2 aliphatic carbocycles. The zero-order valence-electron chi connectivity index (χ0n) is 8.09. The maximum Gasteiger partial charge on any atom is 0.0496 e. The molecule has 0 aromatic heterocycles. The highest BCUT2D eigenvalue weighted by Gasteiger charge is 2.48. The Morgan fingerprint density at radius 3 is 2.08 bits per heavy atom. The molecule has 0 radical (unpaired) electrons. The summed E-state index contributed by atoms with van der Waals surface area (Å²) in [6.07, 6.45) is 8.87. The average Bonchev–Trinajstić information content (AvgIpc) is 2.61. The van der Waals surface area contributed by atoms with Gasteiger partial charge in [0, 0.05) is 13.7 Å². The normalized spacial score (nSPS) is 41.2. The van der Waals surface area contributed by atoms with Gasteiger partial charge >= 0.3 is 0 Å². The van der Waals surface area contributed by atoms with Crippen molar-refractivity contribution in [3.63, 3.8) is 0 Å². The van der Waals surface area contributed by atoms with Crippen LogP contribution in [-0.4, -0.2) is 13.7 Å². The van der Waals surface area contributed by atoms with Gasteiger partial charge < -0.3 is 4.74 Å². The molecule has 1 nitrogen and oxygen atoms in total. The third-order valence-corrected chi connectivity index (χ3v) is 3.69. The van der Waals surface area contributed by atoms with Crippen molar-refractivity contribution in [1.82, 2.24) is 0 Å². The zero-order chi connectivity index (χ0) is 8.39. The summed E-state index contributed by atoms with van der Waals surface area (Å²) in [5.41, 5.74) is 0. The van der Waals surface area contributed by atoms with Crippen LogP contribution in [0.5, 0.6) is 0 Å². The average molecular weight is 168 g/mol. The quantitative estimate of drug-likeness (QED) is 0.616. The van der Waals surface area contributed by atoms with Crippen LogP contribution in [0, 0.1) is 17.8 Å². The van der Waals surface area contributed by atoms with Gasteiger partial charge in [-0.15, -0.1) is 0 Å². The fourth-order valence-corrected chi connectivity index (χ4v) is 2.93. The molecule has 2 saturated carbocycles. The lowest BCUT2D eigenvalue weighted by Crippen LogP contribution is -1.93. The van der Waals surface area contributed by atoms with E-state index in [-0.39, 0.29) is 0 Å². The molecule has 0 bridgehead atoms.